The molecule has 0 aromatic heterocycles. The molecule has 6 nitrogen and oxygen atoms in total. The highest BCUT2D eigenvalue weighted by atomic mass is 16.5. The minimum Gasteiger partial charge on any atom is -0.484 e. The molecular weight excluding hydrogens is 342 g/mol. The molecule has 0 unspecified atom stereocenters. The summed E-state index contributed by atoms with van der Waals surface area (Å²) in [5.41, 5.74) is 1.37. The van der Waals surface area contributed by atoms with Gasteiger partial charge in [-0.1, -0.05) is 36.4 Å². The first kappa shape index (κ1) is 18.3. The second-order valence-electron chi connectivity index (χ2n) is 5.87. The molecule has 0 saturated heterocycles. The Balaban J connectivity index is 1.58. The molecule has 3 aromatic carbocycles. The van der Waals surface area contributed by atoms with Crippen LogP contribution in [0.3, 0.4) is 0 Å². The molecule has 3 N–H and O–H groups in total. The molecule has 3 amide bonds. The van der Waals surface area contributed by atoms with E-state index in [4.69, 9.17) is 4.74 Å². The van der Waals surface area contributed by atoms with Crippen LogP contribution < -0.4 is 20.7 Å². The van der Waals surface area contributed by atoms with Crippen LogP contribution in [0, 0.1) is 0 Å². The smallest absolute Gasteiger partial charge is 0.323 e. The number of anilines is 2. The zero-order valence-electron chi connectivity index (χ0n) is 15.0. The first-order valence-electron chi connectivity index (χ1n) is 8.71. The summed E-state index contributed by atoms with van der Waals surface area (Å²) < 4.78 is 5.38. The lowest BCUT2D eigenvalue weighted by Crippen LogP contribution is -2.28. The molecule has 0 aliphatic rings. The molecule has 0 atom stereocenters. The minimum atomic E-state index is -0.331. The quantitative estimate of drug-likeness (QED) is 0.619. The van der Waals surface area contributed by atoms with Gasteiger partial charge in [-0.3, -0.25) is 4.79 Å². The number of carbonyl (C=O) groups excluding carboxylic acids is 2. The fraction of sp³-hybridized carbons (Fsp3) is 0.143. The standard InChI is InChI=1S/C21H21N3O3/c1-2-22-20(25)14-27-17-12-10-16(11-13-17)23-21(26)24-19-9-5-7-15-6-3-4-8-18(15)19/h3-13H,2,14H2,1H3,(H,22,25)(H2,23,24,26). The van der Waals surface area contributed by atoms with Crippen LogP contribution in [0.25, 0.3) is 10.8 Å². The fourth-order valence-electron chi connectivity index (χ4n) is 2.65. The zero-order valence-corrected chi connectivity index (χ0v) is 15.0. The van der Waals surface area contributed by atoms with Crippen molar-refractivity contribution in [3.05, 3.63) is 66.7 Å². The summed E-state index contributed by atoms with van der Waals surface area (Å²) in [7, 11) is 0. The second-order valence-corrected chi connectivity index (χ2v) is 5.87. The van der Waals surface area contributed by atoms with Crippen molar-refractivity contribution in [3.63, 3.8) is 0 Å². The number of amides is 3. The Kier molecular flexibility index (Phi) is 5.89. The average molecular weight is 363 g/mol. The van der Waals surface area contributed by atoms with Gasteiger partial charge in [0.25, 0.3) is 5.91 Å². The van der Waals surface area contributed by atoms with E-state index in [1.165, 1.54) is 0 Å². The number of carbonyl (C=O) groups is 2. The lowest BCUT2D eigenvalue weighted by Gasteiger charge is -2.11. The Hall–Kier alpha value is -3.54. The number of hydrogen-bond donors (Lipinski definition) is 3. The van der Waals surface area contributed by atoms with Crippen molar-refractivity contribution >= 4 is 34.1 Å². The number of ether oxygens (including phenoxy) is 1. The first-order chi connectivity index (χ1) is 13.2. The van der Waals surface area contributed by atoms with E-state index in [-0.39, 0.29) is 18.5 Å². The minimum absolute atomic E-state index is 0.0395. The Morgan fingerprint density at radius 1 is 0.889 bits per heavy atom. The van der Waals surface area contributed by atoms with E-state index >= 15 is 0 Å². The highest BCUT2D eigenvalue weighted by molar-refractivity contribution is 6.06. The largest absolute Gasteiger partial charge is 0.484 e. The molecule has 3 rings (SSSR count). The second kappa shape index (κ2) is 8.71. The molecule has 0 aliphatic heterocycles. The summed E-state index contributed by atoms with van der Waals surface area (Å²) >= 11 is 0. The van der Waals surface area contributed by atoms with Crippen molar-refractivity contribution in [1.82, 2.24) is 5.32 Å². The van der Waals surface area contributed by atoms with E-state index in [1.807, 2.05) is 49.4 Å². The number of hydrogen-bond acceptors (Lipinski definition) is 3. The SMILES string of the molecule is CCNC(=O)COc1ccc(NC(=O)Nc2cccc3ccccc23)cc1. The van der Waals surface area contributed by atoms with Gasteiger partial charge in [0, 0.05) is 17.6 Å². The number of fused-ring (bicyclic) bond motifs is 1. The van der Waals surface area contributed by atoms with Crippen molar-refractivity contribution in [2.24, 2.45) is 0 Å². The van der Waals surface area contributed by atoms with Gasteiger partial charge in [0.2, 0.25) is 0 Å². The summed E-state index contributed by atoms with van der Waals surface area (Å²) in [6.07, 6.45) is 0. The van der Waals surface area contributed by atoms with Crippen LogP contribution in [0.5, 0.6) is 5.75 Å². The van der Waals surface area contributed by atoms with Gasteiger partial charge in [0.15, 0.2) is 6.61 Å². The maximum Gasteiger partial charge on any atom is 0.323 e. The van der Waals surface area contributed by atoms with Gasteiger partial charge in [-0.25, -0.2) is 4.79 Å². The molecule has 0 aliphatic carbocycles. The van der Waals surface area contributed by atoms with Gasteiger partial charge < -0.3 is 20.7 Å². The van der Waals surface area contributed by atoms with E-state index in [0.717, 1.165) is 16.5 Å². The Morgan fingerprint density at radius 3 is 2.41 bits per heavy atom. The van der Waals surface area contributed by atoms with Crippen LogP contribution >= 0.6 is 0 Å². The zero-order chi connectivity index (χ0) is 19.1. The molecule has 6 heteroatoms. The third-order valence-corrected chi connectivity index (χ3v) is 3.89. The predicted molar refractivity (Wildman–Crippen MR) is 107 cm³/mol. The molecular formula is C21H21N3O3. The highest BCUT2D eigenvalue weighted by Gasteiger charge is 2.06. The predicted octanol–water partition coefficient (Wildman–Crippen LogP) is 4.00. The van der Waals surface area contributed by atoms with Crippen molar-refractivity contribution < 1.29 is 14.3 Å². The number of rotatable bonds is 6. The maximum absolute atomic E-state index is 12.3. The Morgan fingerprint density at radius 2 is 1.63 bits per heavy atom. The van der Waals surface area contributed by atoms with E-state index in [9.17, 15) is 9.59 Å². The molecule has 0 spiro atoms. The number of urea groups is 1. The van der Waals surface area contributed by atoms with E-state index in [0.29, 0.717) is 18.0 Å². The van der Waals surface area contributed by atoms with Gasteiger partial charge >= 0.3 is 6.03 Å². The molecule has 0 radical (unpaired) electrons. The summed E-state index contributed by atoms with van der Waals surface area (Å²) in [6, 6.07) is 20.1. The Labute approximate surface area is 157 Å². The molecule has 3 aromatic rings. The summed E-state index contributed by atoms with van der Waals surface area (Å²) in [5.74, 6) is 0.385. The third-order valence-electron chi connectivity index (χ3n) is 3.89. The molecule has 0 bridgehead atoms. The van der Waals surface area contributed by atoms with Crippen LogP contribution in [0.4, 0.5) is 16.2 Å². The van der Waals surface area contributed by atoms with Gasteiger partial charge in [0.05, 0.1) is 5.69 Å². The monoisotopic (exact) mass is 363 g/mol. The van der Waals surface area contributed by atoms with Gasteiger partial charge in [0.1, 0.15) is 5.75 Å². The fourth-order valence-corrected chi connectivity index (χ4v) is 2.65. The van der Waals surface area contributed by atoms with Gasteiger partial charge in [-0.05, 0) is 42.6 Å². The van der Waals surface area contributed by atoms with Crippen LogP contribution in [0.1, 0.15) is 6.92 Å². The molecule has 0 heterocycles. The van der Waals surface area contributed by atoms with E-state index in [1.54, 1.807) is 24.3 Å². The normalized spacial score (nSPS) is 10.3. The highest BCUT2D eigenvalue weighted by Crippen LogP contribution is 2.23. The van der Waals surface area contributed by atoms with Gasteiger partial charge in [-0.2, -0.15) is 0 Å². The van der Waals surface area contributed by atoms with Crippen LogP contribution in [-0.2, 0) is 4.79 Å². The number of likely N-dealkylation sites (N-methyl/N-ethyl adjacent to an activating group) is 1. The molecule has 27 heavy (non-hydrogen) atoms. The van der Waals surface area contributed by atoms with Crippen molar-refractivity contribution in [3.8, 4) is 5.75 Å². The lowest BCUT2D eigenvalue weighted by atomic mass is 10.1. The van der Waals surface area contributed by atoms with Crippen LogP contribution in [-0.4, -0.2) is 25.1 Å². The molecule has 0 saturated carbocycles. The first-order valence-corrected chi connectivity index (χ1v) is 8.71. The van der Waals surface area contributed by atoms with Crippen molar-refractivity contribution in [2.45, 2.75) is 6.92 Å². The lowest BCUT2D eigenvalue weighted by molar-refractivity contribution is -0.122. The van der Waals surface area contributed by atoms with Crippen molar-refractivity contribution in [1.29, 1.82) is 0 Å². The third kappa shape index (κ3) is 4.98. The van der Waals surface area contributed by atoms with Crippen LogP contribution in [0.15, 0.2) is 66.7 Å². The van der Waals surface area contributed by atoms with Gasteiger partial charge in [-0.15, -0.1) is 0 Å². The topological polar surface area (TPSA) is 79.5 Å². The summed E-state index contributed by atoms with van der Waals surface area (Å²) in [6.45, 7) is 2.38. The van der Waals surface area contributed by atoms with Crippen molar-refractivity contribution in [2.75, 3.05) is 23.8 Å². The molecule has 138 valence electrons. The molecule has 0 fully saturated rings. The maximum atomic E-state index is 12.3. The number of benzene rings is 3. The summed E-state index contributed by atoms with van der Waals surface area (Å²) in [4.78, 5) is 23.7. The van der Waals surface area contributed by atoms with E-state index < -0.39 is 0 Å². The average Bonchev–Trinajstić information content (AvgIpc) is 2.68. The Bertz CT molecular complexity index is 934. The van der Waals surface area contributed by atoms with Crippen LogP contribution in [0.2, 0.25) is 0 Å². The summed E-state index contributed by atoms with van der Waals surface area (Å²) in [5, 5.41) is 10.3. The number of nitrogens with one attached hydrogen (secondary N) is 3. The van der Waals surface area contributed by atoms with E-state index in [2.05, 4.69) is 16.0 Å².